The Labute approximate surface area is 110 Å². The molecule has 1 saturated heterocycles. The predicted molar refractivity (Wildman–Crippen MR) is 71.6 cm³/mol. The lowest BCUT2D eigenvalue weighted by atomic mass is 9.91. The van der Waals surface area contributed by atoms with E-state index in [1.165, 1.54) is 6.42 Å². The lowest BCUT2D eigenvalue weighted by Gasteiger charge is -2.35. The summed E-state index contributed by atoms with van der Waals surface area (Å²) in [5, 5.41) is 12.9. The first-order chi connectivity index (χ1) is 8.39. The van der Waals surface area contributed by atoms with Crippen LogP contribution in [0.15, 0.2) is 0 Å². The van der Waals surface area contributed by atoms with Gasteiger partial charge in [0, 0.05) is 13.1 Å². The topological polar surface area (TPSA) is 52.6 Å². The highest BCUT2D eigenvalue weighted by Gasteiger charge is 2.52. The number of carboxylic acid groups (broad SMARTS) is 1. The lowest BCUT2D eigenvalue weighted by Crippen LogP contribution is -2.60. The molecule has 18 heavy (non-hydrogen) atoms. The molecule has 1 aliphatic carbocycles. The molecule has 0 radical (unpaired) electrons. The molecule has 4 nitrogen and oxygen atoms in total. The summed E-state index contributed by atoms with van der Waals surface area (Å²) in [5.74, 6) is -0.352. The Balaban J connectivity index is 2.08. The largest absolute Gasteiger partial charge is 0.480 e. The number of hydrogen-bond acceptors (Lipinski definition) is 3. The molecule has 2 N–H and O–H groups in total. The van der Waals surface area contributed by atoms with Gasteiger partial charge >= 0.3 is 5.97 Å². The molecule has 0 bridgehead atoms. The van der Waals surface area contributed by atoms with E-state index in [9.17, 15) is 9.90 Å². The maximum atomic E-state index is 11.8. The van der Waals surface area contributed by atoms with Gasteiger partial charge in [0.1, 0.15) is 5.54 Å². The first-order valence-corrected chi connectivity index (χ1v) is 7.10. The minimum Gasteiger partial charge on any atom is -0.480 e. The number of hydrogen-bond donors (Lipinski definition) is 2. The third-order valence-electron chi connectivity index (χ3n) is 4.38. The molecule has 0 aromatic heterocycles. The summed E-state index contributed by atoms with van der Waals surface area (Å²) in [6.07, 6.45) is 3.27. The normalized spacial score (nSPS) is 27.1. The van der Waals surface area contributed by atoms with Gasteiger partial charge in [-0.2, -0.15) is 0 Å². The molecule has 0 amide bonds. The molecule has 0 aromatic carbocycles. The summed E-state index contributed by atoms with van der Waals surface area (Å²) in [6.45, 7) is 9.94. The van der Waals surface area contributed by atoms with Crippen molar-refractivity contribution in [2.45, 2.75) is 45.6 Å². The van der Waals surface area contributed by atoms with Crippen LogP contribution in [-0.2, 0) is 4.79 Å². The Morgan fingerprint density at radius 3 is 2.56 bits per heavy atom. The zero-order chi connectivity index (χ0) is 13.4. The fourth-order valence-electron chi connectivity index (χ4n) is 3.25. The van der Waals surface area contributed by atoms with Crippen molar-refractivity contribution >= 4 is 5.97 Å². The van der Waals surface area contributed by atoms with Crippen LogP contribution in [0.1, 0.15) is 40.0 Å². The van der Waals surface area contributed by atoms with E-state index in [0.717, 1.165) is 32.5 Å². The number of carbonyl (C=O) groups is 1. The Kier molecular flexibility index (Phi) is 3.70. The van der Waals surface area contributed by atoms with Gasteiger partial charge in [-0.1, -0.05) is 20.8 Å². The first-order valence-electron chi connectivity index (χ1n) is 7.10. The van der Waals surface area contributed by atoms with E-state index in [1.807, 2.05) is 6.92 Å². The molecule has 1 aliphatic heterocycles. The number of nitrogens with one attached hydrogen (secondary N) is 1. The van der Waals surface area contributed by atoms with Crippen molar-refractivity contribution in [1.29, 1.82) is 0 Å². The Bertz CT molecular complexity index is 326. The van der Waals surface area contributed by atoms with E-state index in [1.54, 1.807) is 0 Å². The van der Waals surface area contributed by atoms with Gasteiger partial charge < -0.3 is 15.3 Å². The zero-order valence-electron chi connectivity index (χ0n) is 11.8. The second-order valence-corrected chi connectivity index (χ2v) is 6.71. The highest BCUT2D eigenvalue weighted by molar-refractivity contribution is 5.80. The third-order valence-corrected chi connectivity index (χ3v) is 4.38. The molecule has 1 heterocycles. The van der Waals surface area contributed by atoms with Crippen LogP contribution in [0.2, 0.25) is 0 Å². The van der Waals surface area contributed by atoms with Gasteiger partial charge in [0.05, 0.1) is 0 Å². The van der Waals surface area contributed by atoms with Crippen molar-refractivity contribution < 1.29 is 9.90 Å². The van der Waals surface area contributed by atoms with E-state index >= 15 is 0 Å². The fraction of sp³-hybridized carbons (Fsp3) is 0.929. The highest BCUT2D eigenvalue weighted by atomic mass is 16.4. The maximum absolute atomic E-state index is 11.8. The molecular formula is C14H26N2O2. The summed E-state index contributed by atoms with van der Waals surface area (Å²) in [7, 11) is 0. The highest BCUT2D eigenvalue weighted by Crippen LogP contribution is 2.41. The number of nitrogens with zero attached hydrogens (tertiary/aromatic N) is 1. The van der Waals surface area contributed by atoms with Crippen molar-refractivity contribution in [2.24, 2.45) is 11.3 Å². The number of rotatable bonds is 6. The van der Waals surface area contributed by atoms with Gasteiger partial charge in [-0.15, -0.1) is 0 Å². The minimum atomic E-state index is -0.713. The summed E-state index contributed by atoms with van der Waals surface area (Å²) >= 11 is 0. The first kappa shape index (κ1) is 13.8. The number of aliphatic carboxylic acids is 1. The second kappa shape index (κ2) is 4.82. The van der Waals surface area contributed by atoms with Crippen LogP contribution in [0.3, 0.4) is 0 Å². The Morgan fingerprint density at radius 1 is 1.50 bits per heavy atom. The van der Waals surface area contributed by atoms with Crippen LogP contribution in [-0.4, -0.2) is 47.7 Å². The molecule has 1 atom stereocenters. The molecule has 2 rings (SSSR count). The van der Waals surface area contributed by atoms with Crippen molar-refractivity contribution in [3.63, 3.8) is 0 Å². The number of likely N-dealkylation sites (tertiary alicyclic amines) is 1. The molecule has 2 aliphatic rings. The summed E-state index contributed by atoms with van der Waals surface area (Å²) in [4.78, 5) is 14.1. The third kappa shape index (κ3) is 2.69. The molecule has 1 saturated carbocycles. The molecule has 0 spiro atoms. The lowest BCUT2D eigenvalue weighted by molar-refractivity contribution is -0.147. The fourth-order valence-corrected chi connectivity index (χ4v) is 3.25. The van der Waals surface area contributed by atoms with Gasteiger partial charge in [-0.05, 0) is 43.7 Å². The van der Waals surface area contributed by atoms with Gasteiger partial charge in [0.15, 0.2) is 0 Å². The minimum absolute atomic E-state index is 0.318. The van der Waals surface area contributed by atoms with Gasteiger partial charge in [0.2, 0.25) is 0 Å². The summed E-state index contributed by atoms with van der Waals surface area (Å²) in [6, 6.07) is 0. The molecule has 4 heteroatoms. The van der Waals surface area contributed by atoms with Crippen molar-refractivity contribution in [1.82, 2.24) is 10.2 Å². The number of carboxylic acids is 1. The van der Waals surface area contributed by atoms with E-state index in [4.69, 9.17) is 0 Å². The average Bonchev–Trinajstić information content (AvgIpc) is 3.04. The van der Waals surface area contributed by atoms with E-state index < -0.39 is 11.5 Å². The van der Waals surface area contributed by atoms with E-state index in [2.05, 4.69) is 24.1 Å². The van der Waals surface area contributed by atoms with Gasteiger partial charge in [-0.25, -0.2) is 0 Å². The molecule has 0 aromatic rings. The van der Waals surface area contributed by atoms with E-state index in [0.29, 0.717) is 17.9 Å². The van der Waals surface area contributed by atoms with Gasteiger partial charge in [0.25, 0.3) is 0 Å². The number of likely N-dealkylation sites (N-methyl/N-ethyl adjacent to an activating group) is 1. The van der Waals surface area contributed by atoms with Crippen LogP contribution in [0.25, 0.3) is 0 Å². The molecule has 104 valence electrons. The Morgan fingerprint density at radius 2 is 2.17 bits per heavy atom. The monoisotopic (exact) mass is 254 g/mol. The summed E-state index contributed by atoms with van der Waals surface area (Å²) < 4.78 is 0. The average molecular weight is 254 g/mol. The predicted octanol–water partition coefficient (Wildman–Crippen LogP) is 1.56. The zero-order valence-corrected chi connectivity index (χ0v) is 11.8. The maximum Gasteiger partial charge on any atom is 0.325 e. The van der Waals surface area contributed by atoms with Crippen LogP contribution in [0.4, 0.5) is 0 Å². The molecule has 1 unspecified atom stereocenters. The smallest absolute Gasteiger partial charge is 0.325 e. The van der Waals surface area contributed by atoms with Crippen LogP contribution >= 0.6 is 0 Å². The van der Waals surface area contributed by atoms with Crippen LogP contribution in [0, 0.1) is 11.3 Å². The second-order valence-electron chi connectivity index (χ2n) is 6.71. The molecular weight excluding hydrogens is 228 g/mol. The Hall–Kier alpha value is -0.610. The standard InChI is InChI=1S/C14H26N2O2/c1-4-15-14(12(17)18,11-5-6-11)10-16-8-7-13(2,3)9-16/h11,15H,4-10H2,1-3H3,(H,17,18). The van der Waals surface area contributed by atoms with Crippen molar-refractivity contribution in [3.05, 3.63) is 0 Å². The quantitative estimate of drug-likeness (QED) is 0.755. The van der Waals surface area contributed by atoms with Crippen molar-refractivity contribution in [3.8, 4) is 0 Å². The van der Waals surface area contributed by atoms with Crippen LogP contribution < -0.4 is 5.32 Å². The van der Waals surface area contributed by atoms with E-state index in [-0.39, 0.29) is 0 Å². The van der Waals surface area contributed by atoms with Crippen molar-refractivity contribution in [2.75, 3.05) is 26.2 Å². The van der Waals surface area contributed by atoms with Crippen LogP contribution in [0.5, 0.6) is 0 Å². The summed E-state index contributed by atoms with van der Waals surface area (Å²) in [5.41, 5.74) is -0.380. The molecule has 2 fully saturated rings. The van der Waals surface area contributed by atoms with Gasteiger partial charge in [-0.3, -0.25) is 4.79 Å². The SMILES string of the molecule is CCNC(CN1CCC(C)(C)C1)(C(=O)O)C1CC1.